The van der Waals surface area contributed by atoms with Crippen LogP contribution in [0.3, 0.4) is 0 Å². The highest BCUT2D eigenvalue weighted by atomic mass is 32.1. The second kappa shape index (κ2) is 6.13. The van der Waals surface area contributed by atoms with Crippen molar-refractivity contribution in [2.45, 2.75) is 19.5 Å². The third-order valence-electron chi connectivity index (χ3n) is 3.08. The maximum atomic E-state index is 4.03. The van der Waals surface area contributed by atoms with Crippen LogP contribution in [0.1, 0.15) is 22.2 Å². The van der Waals surface area contributed by atoms with Crippen LogP contribution in [0.15, 0.2) is 23.7 Å². The van der Waals surface area contributed by atoms with Crippen LogP contribution in [0.5, 0.6) is 0 Å². The molecule has 0 spiro atoms. The Balaban J connectivity index is 1.89. The van der Waals surface area contributed by atoms with Crippen molar-refractivity contribution in [2.75, 3.05) is 20.6 Å². The van der Waals surface area contributed by atoms with E-state index >= 15 is 0 Å². The molecule has 2 heterocycles. The normalized spacial score (nSPS) is 13.1. The first kappa shape index (κ1) is 13.3. The number of likely N-dealkylation sites (N-methyl/N-ethyl adjacent to an activating group) is 1. The third-order valence-corrected chi connectivity index (χ3v) is 4.06. The first-order chi connectivity index (χ1) is 8.68. The molecule has 2 aromatic heterocycles. The molecule has 0 radical (unpaired) electrons. The van der Waals surface area contributed by atoms with E-state index in [-0.39, 0.29) is 0 Å². The van der Waals surface area contributed by atoms with Gasteiger partial charge < -0.3 is 10.2 Å². The fraction of sp³-hybridized carbons (Fsp3) is 0.462. The van der Waals surface area contributed by atoms with Gasteiger partial charge >= 0.3 is 0 Å². The highest BCUT2D eigenvalue weighted by Crippen LogP contribution is 2.22. The van der Waals surface area contributed by atoms with Gasteiger partial charge in [-0.2, -0.15) is 5.10 Å². The molecular formula is C13H20N4S. The molecule has 1 unspecified atom stereocenters. The molecule has 2 N–H and O–H groups in total. The molecule has 98 valence electrons. The Morgan fingerprint density at radius 1 is 1.50 bits per heavy atom. The van der Waals surface area contributed by atoms with Gasteiger partial charge in [0, 0.05) is 29.2 Å². The Labute approximate surface area is 112 Å². The molecule has 1 atom stereocenters. The van der Waals surface area contributed by atoms with Crippen LogP contribution in [0.25, 0.3) is 0 Å². The highest BCUT2D eigenvalue weighted by Gasteiger charge is 2.14. The van der Waals surface area contributed by atoms with Gasteiger partial charge in [-0.05, 0) is 32.5 Å². The number of aryl methyl sites for hydroxylation is 1. The molecule has 0 aliphatic heterocycles. The van der Waals surface area contributed by atoms with E-state index < -0.39 is 0 Å². The molecule has 18 heavy (non-hydrogen) atoms. The summed E-state index contributed by atoms with van der Waals surface area (Å²) in [6, 6.07) is 4.73. The third kappa shape index (κ3) is 3.19. The lowest BCUT2D eigenvalue weighted by atomic mass is 10.2. The average molecular weight is 264 g/mol. The summed E-state index contributed by atoms with van der Waals surface area (Å²) in [6.45, 7) is 3.85. The molecule has 5 heteroatoms. The summed E-state index contributed by atoms with van der Waals surface area (Å²) in [5.41, 5.74) is 2.37. The average Bonchev–Trinajstić information content (AvgIpc) is 2.96. The molecule has 0 aromatic carbocycles. The summed E-state index contributed by atoms with van der Waals surface area (Å²) < 4.78 is 0. The molecule has 0 bridgehead atoms. The van der Waals surface area contributed by atoms with Gasteiger partial charge in [-0.3, -0.25) is 5.10 Å². The minimum Gasteiger partial charge on any atom is -0.311 e. The van der Waals surface area contributed by atoms with Crippen LogP contribution in [0.4, 0.5) is 0 Å². The first-order valence-electron chi connectivity index (χ1n) is 6.08. The van der Waals surface area contributed by atoms with Gasteiger partial charge in [-0.15, -0.1) is 11.3 Å². The number of nitrogens with one attached hydrogen (secondary N) is 2. The summed E-state index contributed by atoms with van der Waals surface area (Å²) in [7, 11) is 4.24. The predicted octanol–water partition coefficient (Wildman–Crippen LogP) is 2.17. The smallest absolute Gasteiger partial charge is 0.0561 e. The van der Waals surface area contributed by atoms with E-state index in [1.165, 1.54) is 10.4 Å². The van der Waals surface area contributed by atoms with E-state index in [0.29, 0.717) is 6.04 Å². The van der Waals surface area contributed by atoms with Crippen LogP contribution in [-0.4, -0.2) is 35.7 Å². The maximum absolute atomic E-state index is 4.03. The molecule has 2 rings (SSSR count). The van der Waals surface area contributed by atoms with Crippen molar-refractivity contribution >= 4 is 11.3 Å². The number of aromatic nitrogens is 2. The number of nitrogens with zero attached hydrogens (tertiary/aromatic N) is 2. The van der Waals surface area contributed by atoms with E-state index in [1.807, 2.05) is 24.5 Å². The van der Waals surface area contributed by atoms with Crippen molar-refractivity contribution in [1.29, 1.82) is 0 Å². The molecule has 0 saturated heterocycles. The molecule has 0 amide bonds. The molecule has 0 fully saturated rings. The Bertz CT molecular complexity index is 461. The summed E-state index contributed by atoms with van der Waals surface area (Å²) in [4.78, 5) is 3.65. The first-order valence-corrected chi connectivity index (χ1v) is 6.96. The monoisotopic (exact) mass is 264 g/mol. The number of aromatic amines is 1. The van der Waals surface area contributed by atoms with Crippen molar-refractivity contribution < 1.29 is 0 Å². The van der Waals surface area contributed by atoms with Gasteiger partial charge in [0.15, 0.2) is 0 Å². The number of H-pyrrole nitrogens is 1. The van der Waals surface area contributed by atoms with Crippen LogP contribution in [-0.2, 0) is 6.54 Å². The standard InChI is InChI=1S/C13H20N4S/c1-10-11(8-15-16-10)7-14-9-12(17(2)3)13-5-4-6-18-13/h4-6,8,12,14H,7,9H2,1-3H3,(H,15,16). The molecule has 4 nitrogen and oxygen atoms in total. The largest absolute Gasteiger partial charge is 0.311 e. The van der Waals surface area contributed by atoms with Crippen molar-refractivity contribution in [3.8, 4) is 0 Å². The fourth-order valence-corrected chi connectivity index (χ4v) is 2.84. The SMILES string of the molecule is Cc1[nH]ncc1CNCC(c1cccs1)N(C)C. The molecule has 0 aliphatic rings. The van der Waals surface area contributed by atoms with Gasteiger partial charge in [0.05, 0.1) is 12.2 Å². The van der Waals surface area contributed by atoms with E-state index in [9.17, 15) is 0 Å². The van der Waals surface area contributed by atoms with Gasteiger partial charge in [0.1, 0.15) is 0 Å². The summed E-state index contributed by atoms with van der Waals surface area (Å²) >= 11 is 1.81. The lowest BCUT2D eigenvalue weighted by molar-refractivity contribution is 0.292. The van der Waals surface area contributed by atoms with Gasteiger partial charge in [0.25, 0.3) is 0 Å². The van der Waals surface area contributed by atoms with E-state index in [4.69, 9.17) is 0 Å². The summed E-state index contributed by atoms with van der Waals surface area (Å²) in [5.74, 6) is 0. The van der Waals surface area contributed by atoms with Crippen LogP contribution in [0.2, 0.25) is 0 Å². The van der Waals surface area contributed by atoms with Gasteiger partial charge in [0.2, 0.25) is 0 Å². The van der Waals surface area contributed by atoms with Crippen LogP contribution < -0.4 is 5.32 Å². The number of hydrogen-bond donors (Lipinski definition) is 2. The zero-order valence-corrected chi connectivity index (χ0v) is 11.9. The summed E-state index contributed by atoms with van der Waals surface area (Å²) in [6.07, 6.45) is 1.89. The minimum absolute atomic E-state index is 0.428. The van der Waals surface area contributed by atoms with E-state index in [0.717, 1.165) is 18.8 Å². The van der Waals surface area contributed by atoms with Crippen LogP contribution in [0, 0.1) is 6.92 Å². The topological polar surface area (TPSA) is 44.0 Å². The maximum Gasteiger partial charge on any atom is 0.0561 e. The molecule has 2 aromatic rings. The minimum atomic E-state index is 0.428. The van der Waals surface area contributed by atoms with Crippen LogP contribution >= 0.6 is 11.3 Å². The Kier molecular flexibility index (Phi) is 4.52. The Morgan fingerprint density at radius 3 is 2.89 bits per heavy atom. The van der Waals surface area contributed by atoms with Crippen molar-refractivity contribution in [2.24, 2.45) is 0 Å². The number of thiophene rings is 1. The van der Waals surface area contributed by atoms with Crippen molar-refractivity contribution in [3.05, 3.63) is 39.8 Å². The zero-order chi connectivity index (χ0) is 13.0. The van der Waals surface area contributed by atoms with Crippen molar-refractivity contribution in [3.63, 3.8) is 0 Å². The zero-order valence-electron chi connectivity index (χ0n) is 11.1. The summed E-state index contributed by atoms with van der Waals surface area (Å²) in [5, 5.41) is 12.6. The van der Waals surface area contributed by atoms with Gasteiger partial charge in [-0.25, -0.2) is 0 Å². The lowest BCUT2D eigenvalue weighted by Gasteiger charge is -2.23. The van der Waals surface area contributed by atoms with Crippen molar-refractivity contribution in [1.82, 2.24) is 20.4 Å². The quantitative estimate of drug-likeness (QED) is 0.840. The molecule has 0 saturated carbocycles. The number of rotatable bonds is 6. The van der Waals surface area contributed by atoms with Gasteiger partial charge in [-0.1, -0.05) is 6.07 Å². The second-order valence-corrected chi connectivity index (χ2v) is 5.63. The Hall–Kier alpha value is -1.17. The predicted molar refractivity (Wildman–Crippen MR) is 75.8 cm³/mol. The van der Waals surface area contributed by atoms with E-state index in [1.54, 1.807) is 0 Å². The molecule has 0 aliphatic carbocycles. The Morgan fingerprint density at radius 2 is 2.33 bits per heavy atom. The lowest BCUT2D eigenvalue weighted by Crippen LogP contribution is -2.30. The number of hydrogen-bond acceptors (Lipinski definition) is 4. The second-order valence-electron chi connectivity index (χ2n) is 4.65. The molecular weight excluding hydrogens is 244 g/mol. The van der Waals surface area contributed by atoms with E-state index in [2.05, 4.69) is 52.0 Å². The highest BCUT2D eigenvalue weighted by molar-refractivity contribution is 7.10. The fourth-order valence-electron chi connectivity index (χ4n) is 1.92.